The summed E-state index contributed by atoms with van der Waals surface area (Å²) >= 11 is 0. The number of amidine groups is 1. The second-order valence-electron chi connectivity index (χ2n) is 5.41. The lowest BCUT2D eigenvalue weighted by Crippen LogP contribution is -2.24. The fourth-order valence-electron chi connectivity index (χ4n) is 2.52. The van der Waals surface area contributed by atoms with E-state index in [0.717, 1.165) is 11.1 Å². The first kappa shape index (κ1) is 15.9. The summed E-state index contributed by atoms with van der Waals surface area (Å²) in [4.78, 5) is 16.4. The number of carbonyl (C=O) groups is 1. The fourth-order valence-corrected chi connectivity index (χ4v) is 2.52. The van der Waals surface area contributed by atoms with Gasteiger partial charge in [0.2, 0.25) is 0 Å². The van der Waals surface area contributed by atoms with Gasteiger partial charge in [-0.05, 0) is 36.3 Å². The van der Waals surface area contributed by atoms with Gasteiger partial charge in [0.1, 0.15) is 23.1 Å². The highest BCUT2D eigenvalue weighted by atomic mass is 19.1. The first-order valence-electron chi connectivity index (χ1n) is 7.64. The Labute approximate surface area is 139 Å². The molecule has 2 aromatic carbocycles. The molecule has 0 atom stereocenters. The van der Waals surface area contributed by atoms with Crippen molar-refractivity contribution < 1.29 is 13.9 Å². The molecule has 122 valence electrons. The monoisotopic (exact) mass is 324 g/mol. The van der Waals surface area contributed by atoms with Gasteiger partial charge in [0.15, 0.2) is 0 Å². The quantitative estimate of drug-likeness (QED) is 0.858. The Morgan fingerprint density at radius 1 is 1.17 bits per heavy atom. The number of carbonyl (C=O) groups excluding carboxylic acids is 1. The molecule has 0 aliphatic carbocycles. The molecule has 1 aliphatic heterocycles. The third-order valence-corrected chi connectivity index (χ3v) is 3.72. The Morgan fingerprint density at radius 3 is 2.79 bits per heavy atom. The summed E-state index contributed by atoms with van der Waals surface area (Å²) in [6, 6.07) is 13.8. The topological polar surface area (TPSA) is 50.7 Å². The standard InChI is InChI=1S/C19H17FN2O2/c1-24-17-8-3-2-6-14(17)12-16-19(23)22-18(21-16)10-9-13-5-4-7-15(20)11-13/h2-8,11-12H,9-10H2,1H3,(H,21,22,23)/b16-12-. The van der Waals surface area contributed by atoms with E-state index in [-0.39, 0.29) is 11.7 Å². The van der Waals surface area contributed by atoms with Crippen LogP contribution in [0.15, 0.2) is 59.2 Å². The van der Waals surface area contributed by atoms with Crippen LogP contribution in [0.1, 0.15) is 17.5 Å². The predicted molar refractivity (Wildman–Crippen MR) is 91.3 cm³/mol. The van der Waals surface area contributed by atoms with E-state index in [1.165, 1.54) is 12.1 Å². The molecular weight excluding hydrogens is 307 g/mol. The van der Waals surface area contributed by atoms with Crippen molar-refractivity contribution in [1.29, 1.82) is 0 Å². The molecule has 1 aliphatic rings. The lowest BCUT2D eigenvalue weighted by Gasteiger charge is -2.03. The Morgan fingerprint density at radius 2 is 2.00 bits per heavy atom. The number of ether oxygens (including phenoxy) is 1. The number of nitrogens with one attached hydrogen (secondary N) is 1. The number of para-hydroxylation sites is 1. The molecule has 1 amide bonds. The van der Waals surface area contributed by atoms with Crippen molar-refractivity contribution in [2.45, 2.75) is 12.8 Å². The molecule has 2 aromatic rings. The van der Waals surface area contributed by atoms with Gasteiger partial charge in [-0.1, -0.05) is 30.3 Å². The number of aryl methyl sites for hydroxylation is 1. The van der Waals surface area contributed by atoms with Crippen molar-refractivity contribution in [2.75, 3.05) is 7.11 Å². The van der Waals surface area contributed by atoms with Gasteiger partial charge in [-0.2, -0.15) is 0 Å². The number of halogens is 1. The van der Waals surface area contributed by atoms with Gasteiger partial charge in [-0.3, -0.25) is 4.79 Å². The van der Waals surface area contributed by atoms with Crippen molar-refractivity contribution in [1.82, 2.24) is 5.32 Å². The summed E-state index contributed by atoms with van der Waals surface area (Å²) in [5.41, 5.74) is 2.00. The molecule has 3 rings (SSSR count). The zero-order chi connectivity index (χ0) is 16.9. The molecule has 0 fully saturated rings. The summed E-state index contributed by atoms with van der Waals surface area (Å²) in [5, 5.41) is 2.75. The predicted octanol–water partition coefficient (Wildman–Crippen LogP) is 3.34. The molecule has 0 saturated heterocycles. The van der Waals surface area contributed by atoms with Crippen LogP contribution in [0.2, 0.25) is 0 Å². The van der Waals surface area contributed by atoms with E-state index >= 15 is 0 Å². The third kappa shape index (κ3) is 3.68. The normalized spacial score (nSPS) is 15.3. The van der Waals surface area contributed by atoms with E-state index in [2.05, 4.69) is 10.3 Å². The maximum absolute atomic E-state index is 13.2. The van der Waals surface area contributed by atoms with Crippen LogP contribution in [-0.2, 0) is 11.2 Å². The fraction of sp³-hybridized carbons (Fsp3) is 0.158. The number of hydrogen-bond donors (Lipinski definition) is 1. The minimum absolute atomic E-state index is 0.241. The van der Waals surface area contributed by atoms with Crippen LogP contribution in [0.3, 0.4) is 0 Å². The zero-order valence-electron chi connectivity index (χ0n) is 13.3. The van der Waals surface area contributed by atoms with Crippen LogP contribution in [0.4, 0.5) is 4.39 Å². The Bertz CT molecular complexity index is 828. The van der Waals surface area contributed by atoms with Crippen LogP contribution in [-0.4, -0.2) is 18.9 Å². The number of methoxy groups -OCH3 is 1. The van der Waals surface area contributed by atoms with Crippen LogP contribution in [0.5, 0.6) is 5.75 Å². The highest BCUT2D eigenvalue weighted by Crippen LogP contribution is 2.22. The number of nitrogens with zero attached hydrogens (tertiary/aromatic N) is 1. The molecule has 1 N–H and O–H groups in total. The molecule has 0 saturated carbocycles. The molecule has 0 spiro atoms. The van der Waals surface area contributed by atoms with Crippen molar-refractivity contribution in [3.8, 4) is 5.75 Å². The van der Waals surface area contributed by atoms with Crippen molar-refractivity contribution >= 4 is 17.8 Å². The molecule has 0 aromatic heterocycles. The van der Waals surface area contributed by atoms with E-state index in [9.17, 15) is 9.18 Å². The number of hydrogen-bond acceptors (Lipinski definition) is 3. The minimum atomic E-state index is -0.262. The van der Waals surface area contributed by atoms with Gasteiger partial charge in [-0.25, -0.2) is 9.38 Å². The van der Waals surface area contributed by atoms with Gasteiger partial charge in [0.25, 0.3) is 5.91 Å². The van der Waals surface area contributed by atoms with Crippen LogP contribution < -0.4 is 10.1 Å². The SMILES string of the molecule is COc1ccccc1/C=C1\N=C(CCc2cccc(F)c2)NC1=O. The lowest BCUT2D eigenvalue weighted by molar-refractivity contribution is -0.115. The molecule has 0 unspecified atom stereocenters. The van der Waals surface area contributed by atoms with Gasteiger partial charge in [0.05, 0.1) is 7.11 Å². The smallest absolute Gasteiger partial charge is 0.275 e. The number of rotatable bonds is 5. The highest BCUT2D eigenvalue weighted by Gasteiger charge is 2.20. The Kier molecular flexibility index (Phi) is 4.70. The number of aliphatic imine (C=N–C) groups is 1. The van der Waals surface area contributed by atoms with Gasteiger partial charge >= 0.3 is 0 Å². The van der Waals surface area contributed by atoms with Gasteiger partial charge in [-0.15, -0.1) is 0 Å². The van der Waals surface area contributed by atoms with E-state index in [0.29, 0.717) is 30.1 Å². The maximum Gasteiger partial charge on any atom is 0.275 e. The van der Waals surface area contributed by atoms with Gasteiger partial charge in [0, 0.05) is 12.0 Å². The summed E-state index contributed by atoms with van der Waals surface area (Å²) in [6.07, 6.45) is 2.85. The van der Waals surface area contributed by atoms with E-state index in [1.807, 2.05) is 30.3 Å². The zero-order valence-corrected chi connectivity index (χ0v) is 13.3. The molecule has 24 heavy (non-hydrogen) atoms. The molecule has 0 bridgehead atoms. The summed E-state index contributed by atoms with van der Waals surface area (Å²) in [5.74, 6) is 0.767. The molecule has 4 nitrogen and oxygen atoms in total. The first-order valence-corrected chi connectivity index (χ1v) is 7.64. The number of benzene rings is 2. The van der Waals surface area contributed by atoms with Crippen LogP contribution in [0, 0.1) is 5.82 Å². The largest absolute Gasteiger partial charge is 0.496 e. The van der Waals surface area contributed by atoms with Crippen LogP contribution >= 0.6 is 0 Å². The summed E-state index contributed by atoms with van der Waals surface area (Å²) in [6.45, 7) is 0. The Hall–Kier alpha value is -2.95. The minimum Gasteiger partial charge on any atom is -0.496 e. The maximum atomic E-state index is 13.2. The van der Waals surface area contributed by atoms with Crippen molar-refractivity contribution in [3.05, 3.63) is 71.2 Å². The Balaban J connectivity index is 1.74. The van der Waals surface area contributed by atoms with Crippen molar-refractivity contribution in [3.63, 3.8) is 0 Å². The average Bonchev–Trinajstić information content (AvgIpc) is 2.93. The number of amides is 1. The third-order valence-electron chi connectivity index (χ3n) is 3.72. The molecule has 1 heterocycles. The molecule has 0 radical (unpaired) electrons. The second kappa shape index (κ2) is 7.08. The van der Waals surface area contributed by atoms with E-state index < -0.39 is 0 Å². The van der Waals surface area contributed by atoms with Crippen molar-refractivity contribution in [2.24, 2.45) is 4.99 Å². The second-order valence-corrected chi connectivity index (χ2v) is 5.41. The summed E-state index contributed by atoms with van der Waals surface area (Å²) in [7, 11) is 1.58. The lowest BCUT2D eigenvalue weighted by atomic mass is 10.1. The highest BCUT2D eigenvalue weighted by molar-refractivity contribution is 6.14. The van der Waals surface area contributed by atoms with E-state index in [1.54, 1.807) is 19.3 Å². The molecular formula is C19H17FN2O2. The van der Waals surface area contributed by atoms with E-state index in [4.69, 9.17) is 4.74 Å². The molecule has 5 heteroatoms. The van der Waals surface area contributed by atoms with Gasteiger partial charge < -0.3 is 10.1 Å². The first-order chi connectivity index (χ1) is 11.7. The average molecular weight is 324 g/mol. The van der Waals surface area contributed by atoms with Crippen LogP contribution in [0.25, 0.3) is 6.08 Å². The summed E-state index contributed by atoms with van der Waals surface area (Å²) < 4.78 is 18.5.